The number of nitrogens with one attached hydrogen (secondary N) is 1. The van der Waals surface area contributed by atoms with Crippen LogP contribution in [0.2, 0.25) is 0 Å². The van der Waals surface area contributed by atoms with E-state index in [2.05, 4.69) is 24.4 Å². The van der Waals surface area contributed by atoms with Crippen LogP contribution in [0, 0.1) is 6.92 Å². The van der Waals surface area contributed by atoms with Crippen molar-refractivity contribution in [2.24, 2.45) is 5.73 Å². The number of primary amides is 1. The molecule has 1 aromatic carbocycles. The lowest BCUT2D eigenvalue weighted by Gasteiger charge is -2.04. The molecule has 94 valence electrons. The number of rotatable bonds is 5. The highest BCUT2D eigenvalue weighted by Gasteiger charge is 2.00. The highest BCUT2D eigenvalue weighted by molar-refractivity contribution is 7.11. The van der Waals surface area contributed by atoms with Crippen LogP contribution in [0.1, 0.15) is 25.7 Å². The van der Waals surface area contributed by atoms with Gasteiger partial charge in [0.1, 0.15) is 0 Å². The van der Waals surface area contributed by atoms with E-state index >= 15 is 0 Å². The van der Waals surface area contributed by atoms with E-state index in [1.54, 1.807) is 23.5 Å². The van der Waals surface area contributed by atoms with Gasteiger partial charge < -0.3 is 11.1 Å². The van der Waals surface area contributed by atoms with E-state index in [4.69, 9.17) is 5.73 Å². The Morgan fingerprint density at radius 1 is 1.17 bits per heavy atom. The number of carbonyl (C=O) groups is 1. The molecule has 18 heavy (non-hydrogen) atoms. The fraction of sp³-hybridized carbons (Fsp3) is 0.214. The molecule has 0 unspecified atom stereocenters. The second-order valence-corrected chi connectivity index (χ2v) is 5.55. The molecule has 0 aliphatic rings. The van der Waals surface area contributed by atoms with Gasteiger partial charge in [0.2, 0.25) is 5.91 Å². The number of aryl methyl sites for hydroxylation is 1. The SMILES string of the molecule is Cc1ccc(CNCc2ccc(C(N)=O)cc2)s1. The second kappa shape index (κ2) is 5.80. The van der Waals surface area contributed by atoms with E-state index < -0.39 is 0 Å². The van der Waals surface area contributed by atoms with Crippen molar-refractivity contribution in [3.63, 3.8) is 0 Å². The summed E-state index contributed by atoms with van der Waals surface area (Å²) in [7, 11) is 0. The Hall–Kier alpha value is -1.65. The molecule has 3 N–H and O–H groups in total. The van der Waals surface area contributed by atoms with Crippen LogP contribution in [-0.2, 0) is 13.1 Å². The van der Waals surface area contributed by atoms with Crippen molar-refractivity contribution in [1.82, 2.24) is 5.32 Å². The monoisotopic (exact) mass is 260 g/mol. The van der Waals surface area contributed by atoms with Gasteiger partial charge in [-0.05, 0) is 36.8 Å². The third kappa shape index (κ3) is 3.42. The zero-order valence-electron chi connectivity index (χ0n) is 10.3. The van der Waals surface area contributed by atoms with Crippen LogP contribution < -0.4 is 11.1 Å². The number of thiophene rings is 1. The molecule has 2 aromatic rings. The molecular formula is C14H16N2OS. The summed E-state index contributed by atoms with van der Waals surface area (Å²) in [5.41, 5.74) is 6.88. The van der Waals surface area contributed by atoms with Crippen LogP contribution >= 0.6 is 11.3 Å². The van der Waals surface area contributed by atoms with Crippen LogP contribution in [-0.4, -0.2) is 5.91 Å². The first-order valence-electron chi connectivity index (χ1n) is 5.80. The maximum atomic E-state index is 10.9. The standard InChI is InChI=1S/C14H16N2OS/c1-10-2-7-13(18-10)9-16-8-11-3-5-12(6-4-11)14(15)17/h2-7,16H,8-9H2,1H3,(H2,15,17). The molecule has 0 radical (unpaired) electrons. The van der Waals surface area contributed by atoms with Crippen molar-refractivity contribution in [3.05, 3.63) is 57.3 Å². The van der Waals surface area contributed by atoms with Crippen LogP contribution in [0.15, 0.2) is 36.4 Å². The van der Waals surface area contributed by atoms with Crippen LogP contribution in [0.4, 0.5) is 0 Å². The predicted octanol–water partition coefficient (Wildman–Crippen LogP) is 2.45. The van der Waals surface area contributed by atoms with E-state index in [0.29, 0.717) is 5.56 Å². The van der Waals surface area contributed by atoms with E-state index in [1.165, 1.54) is 9.75 Å². The second-order valence-electron chi connectivity index (χ2n) is 4.18. The molecular weight excluding hydrogens is 244 g/mol. The maximum absolute atomic E-state index is 10.9. The number of benzene rings is 1. The predicted molar refractivity (Wildman–Crippen MR) is 74.6 cm³/mol. The van der Waals surface area contributed by atoms with Gasteiger partial charge in [-0.3, -0.25) is 4.79 Å². The Labute approximate surface area is 111 Å². The van der Waals surface area contributed by atoms with E-state index in [9.17, 15) is 4.79 Å². The van der Waals surface area contributed by atoms with Crippen LogP contribution in [0.3, 0.4) is 0 Å². The van der Waals surface area contributed by atoms with Gasteiger partial charge in [-0.25, -0.2) is 0 Å². The van der Waals surface area contributed by atoms with E-state index in [1.807, 2.05) is 12.1 Å². The normalized spacial score (nSPS) is 10.5. The Kier molecular flexibility index (Phi) is 4.12. The van der Waals surface area contributed by atoms with E-state index in [-0.39, 0.29) is 5.91 Å². The van der Waals surface area contributed by atoms with E-state index in [0.717, 1.165) is 18.7 Å². The molecule has 0 spiro atoms. The third-order valence-electron chi connectivity index (χ3n) is 2.66. The molecule has 0 saturated heterocycles. The topological polar surface area (TPSA) is 55.1 Å². The molecule has 0 saturated carbocycles. The summed E-state index contributed by atoms with van der Waals surface area (Å²) in [6.07, 6.45) is 0. The molecule has 1 aromatic heterocycles. The Bertz CT molecular complexity index is 531. The summed E-state index contributed by atoms with van der Waals surface area (Å²) in [5, 5.41) is 3.37. The largest absolute Gasteiger partial charge is 0.366 e. The van der Waals surface area contributed by atoms with Crippen LogP contribution in [0.25, 0.3) is 0 Å². The molecule has 1 amide bonds. The number of nitrogens with two attached hydrogens (primary N) is 1. The molecule has 3 nitrogen and oxygen atoms in total. The Morgan fingerprint density at radius 2 is 1.89 bits per heavy atom. The molecule has 1 heterocycles. The quantitative estimate of drug-likeness (QED) is 0.867. The molecule has 4 heteroatoms. The summed E-state index contributed by atoms with van der Waals surface area (Å²) >= 11 is 1.81. The van der Waals surface area contributed by atoms with Crippen LogP contribution in [0.5, 0.6) is 0 Å². The average Bonchev–Trinajstić information content (AvgIpc) is 2.76. The molecule has 0 bridgehead atoms. The van der Waals surface area contributed by atoms with Crippen molar-refractivity contribution in [1.29, 1.82) is 0 Å². The first kappa shape index (κ1) is 12.8. The lowest BCUT2D eigenvalue weighted by atomic mass is 10.1. The van der Waals surface area contributed by atoms with Gasteiger partial charge in [0.25, 0.3) is 0 Å². The summed E-state index contributed by atoms with van der Waals surface area (Å²) in [6, 6.07) is 11.6. The first-order chi connectivity index (χ1) is 8.65. The number of hydrogen-bond donors (Lipinski definition) is 2. The highest BCUT2D eigenvalue weighted by atomic mass is 32.1. The minimum absolute atomic E-state index is 0.386. The minimum atomic E-state index is -0.386. The van der Waals surface area contributed by atoms with Crippen molar-refractivity contribution in [2.45, 2.75) is 20.0 Å². The van der Waals surface area contributed by atoms with Gasteiger partial charge in [0, 0.05) is 28.4 Å². The fourth-order valence-corrected chi connectivity index (χ4v) is 2.56. The average molecular weight is 260 g/mol. The smallest absolute Gasteiger partial charge is 0.248 e. The summed E-state index contributed by atoms with van der Waals surface area (Å²) in [5.74, 6) is -0.386. The maximum Gasteiger partial charge on any atom is 0.248 e. The minimum Gasteiger partial charge on any atom is -0.366 e. The van der Waals surface area contributed by atoms with Crippen molar-refractivity contribution < 1.29 is 4.79 Å². The molecule has 0 fully saturated rings. The van der Waals surface area contributed by atoms with Crippen molar-refractivity contribution in [2.75, 3.05) is 0 Å². The first-order valence-corrected chi connectivity index (χ1v) is 6.61. The Balaban J connectivity index is 1.85. The number of amides is 1. The zero-order chi connectivity index (χ0) is 13.0. The highest BCUT2D eigenvalue weighted by Crippen LogP contribution is 2.14. The third-order valence-corrected chi connectivity index (χ3v) is 3.66. The van der Waals surface area contributed by atoms with Gasteiger partial charge in [-0.15, -0.1) is 11.3 Å². The fourth-order valence-electron chi connectivity index (χ4n) is 1.70. The van der Waals surface area contributed by atoms with Gasteiger partial charge in [-0.2, -0.15) is 0 Å². The molecule has 0 aliphatic heterocycles. The van der Waals surface area contributed by atoms with Gasteiger partial charge in [0.05, 0.1) is 0 Å². The summed E-state index contributed by atoms with van der Waals surface area (Å²) < 4.78 is 0. The number of hydrogen-bond acceptors (Lipinski definition) is 3. The van der Waals surface area contributed by atoms with Gasteiger partial charge >= 0.3 is 0 Å². The summed E-state index contributed by atoms with van der Waals surface area (Å²) in [6.45, 7) is 3.77. The van der Waals surface area contributed by atoms with Crippen molar-refractivity contribution >= 4 is 17.2 Å². The molecule has 0 aliphatic carbocycles. The van der Waals surface area contributed by atoms with Gasteiger partial charge in [0.15, 0.2) is 0 Å². The zero-order valence-corrected chi connectivity index (χ0v) is 11.1. The van der Waals surface area contributed by atoms with Crippen molar-refractivity contribution in [3.8, 4) is 0 Å². The Morgan fingerprint density at radius 3 is 2.44 bits per heavy atom. The van der Waals surface area contributed by atoms with Gasteiger partial charge in [-0.1, -0.05) is 12.1 Å². The summed E-state index contributed by atoms with van der Waals surface area (Å²) in [4.78, 5) is 13.6. The molecule has 2 rings (SSSR count). The molecule has 0 atom stereocenters. The lowest BCUT2D eigenvalue weighted by Crippen LogP contribution is -2.13. The number of carbonyl (C=O) groups excluding carboxylic acids is 1. The lowest BCUT2D eigenvalue weighted by molar-refractivity contribution is 0.100.